The topological polar surface area (TPSA) is 116 Å². The highest BCUT2D eigenvalue weighted by atomic mass is 35.5. The van der Waals surface area contributed by atoms with Gasteiger partial charge in [-0.25, -0.2) is 0 Å². The number of carbonyl (C=O) groups is 4. The number of carbonyl (C=O) groups excluding carboxylic acids is 4. The molecule has 1 unspecified atom stereocenters. The zero-order chi connectivity index (χ0) is 23.1. The quantitative estimate of drug-likeness (QED) is 0.657. The van der Waals surface area contributed by atoms with Gasteiger partial charge in [0.15, 0.2) is 11.0 Å². The molecule has 5 rings (SSSR count). The van der Waals surface area contributed by atoms with Crippen LogP contribution in [0.15, 0.2) is 30.3 Å². The van der Waals surface area contributed by atoms with Crippen molar-refractivity contribution in [3.8, 4) is 0 Å². The van der Waals surface area contributed by atoms with E-state index in [-0.39, 0.29) is 12.8 Å². The zero-order valence-electron chi connectivity index (χ0n) is 17.7. The summed E-state index contributed by atoms with van der Waals surface area (Å²) in [7, 11) is 0. The first kappa shape index (κ1) is 21.5. The Morgan fingerprint density at radius 2 is 1.76 bits per heavy atom. The molecular formula is C22H21ClN6O4. The van der Waals surface area contributed by atoms with Gasteiger partial charge in [0.2, 0.25) is 11.8 Å². The molecule has 1 atom stereocenters. The molecule has 0 aliphatic carbocycles. The van der Waals surface area contributed by atoms with Crippen LogP contribution in [0.25, 0.3) is 0 Å². The molecule has 4 heterocycles. The number of nitrogens with zero attached hydrogens (tertiary/aromatic N) is 5. The number of rotatable bonds is 4. The number of imide groups is 2. The van der Waals surface area contributed by atoms with Gasteiger partial charge in [0, 0.05) is 39.1 Å². The SMILES string of the molecule is O=C1CCC(N2C(=O)c3cccc(CN4CCN(c5ccc(Cl)nn5)CC4)c3C2=O)C(=O)N1. The van der Waals surface area contributed by atoms with Crippen molar-refractivity contribution in [1.29, 1.82) is 0 Å². The molecule has 4 amide bonds. The Kier molecular flexibility index (Phi) is 5.55. The summed E-state index contributed by atoms with van der Waals surface area (Å²) in [6.07, 6.45) is 0.236. The number of hydrogen-bond donors (Lipinski definition) is 1. The number of hydrogen-bond acceptors (Lipinski definition) is 8. The van der Waals surface area contributed by atoms with Crippen molar-refractivity contribution in [3.05, 3.63) is 52.2 Å². The maximum Gasteiger partial charge on any atom is 0.262 e. The van der Waals surface area contributed by atoms with Crippen LogP contribution in [0, 0.1) is 0 Å². The third-order valence-corrected chi connectivity index (χ3v) is 6.46. The lowest BCUT2D eigenvalue weighted by Gasteiger charge is -2.35. The Morgan fingerprint density at radius 1 is 0.970 bits per heavy atom. The highest BCUT2D eigenvalue weighted by molar-refractivity contribution is 6.29. The molecule has 0 saturated carbocycles. The third-order valence-electron chi connectivity index (χ3n) is 6.26. The number of amides is 4. The van der Waals surface area contributed by atoms with Gasteiger partial charge in [-0.2, -0.15) is 0 Å². The summed E-state index contributed by atoms with van der Waals surface area (Å²) in [4.78, 5) is 55.4. The van der Waals surface area contributed by atoms with E-state index in [2.05, 4.69) is 25.3 Å². The van der Waals surface area contributed by atoms with Gasteiger partial charge in [-0.15, -0.1) is 10.2 Å². The minimum Gasteiger partial charge on any atom is -0.353 e. The maximum atomic E-state index is 13.2. The van der Waals surface area contributed by atoms with Gasteiger partial charge in [0.1, 0.15) is 6.04 Å². The summed E-state index contributed by atoms with van der Waals surface area (Å²) in [6, 6.07) is 7.79. The standard InChI is InChI=1S/C22H21ClN6O4/c23-16-5-6-17(26-25-16)28-10-8-27(9-11-28)12-13-2-1-3-14-19(13)22(33)29(21(14)32)15-4-7-18(30)24-20(15)31/h1-3,5-6,15H,4,7-12H2,(H,24,30,31). The third kappa shape index (κ3) is 3.96. The second-order valence-electron chi connectivity index (χ2n) is 8.26. The highest BCUT2D eigenvalue weighted by Crippen LogP contribution is 2.30. The molecule has 2 aromatic rings. The van der Waals surface area contributed by atoms with Crippen LogP contribution in [0.5, 0.6) is 0 Å². The Hall–Kier alpha value is -3.37. The Labute approximate surface area is 194 Å². The fourth-order valence-corrected chi connectivity index (χ4v) is 4.67. The van der Waals surface area contributed by atoms with Gasteiger partial charge in [-0.3, -0.25) is 34.3 Å². The largest absolute Gasteiger partial charge is 0.353 e. The molecule has 3 aliphatic heterocycles. The van der Waals surface area contributed by atoms with Crippen LogP contribution in [0.1, 0.15) is 39.1 Å². The van der Waals surface area contributed by atoms with Crippen molar-refractivity contribution < 1.29 is 19.2 Å². The van der Waals surface area contributed by atoms with E-state index in [0.717, 1.165) is 42.5 Å². The normalized spacial score (nSPS) is 21.4. The smallest absolute Gasteiger partial charge is 0.262 e. The number of benzene rings is 1. The van der Waals surface area contributed by atoms with E-state index in [9.17, 15) is 19.2 Å². The summed E-state index contributed by atoms with van der Waals surface area (Å²) < 4.78 is 0. The van der Waals surface area contributed by atoms with E-state index in [1.165, 1.54) is 0 Å². The Morgan fingerprint density at radius 3 is 2.45 bits per heavy atom. The predicted molar refractivity (Wildman–Crippen MR) is 118 cm³/mol. The second kappa shape index (κ2) is 8.53. The number of piperazine rings is 1. The van der Waals surface area contributed by atoms with Crippen molar-refractivity contribution in [2.24, 2.45) is 0 Å². The van der Waals surface area contributed by atoms with Crippen molar-refractivity contribution in [2.45, 2.75) is 25.4 Å². The van der Waals surface area contributed by atoms with Gasteiger partial charge in [-0.05, 0) is 30.2 Å². The number of nitrogens with one attached hydrogen (secondary N) is 1. The van der Waals surface area contributed by atoms with E-state index < -0.39 is 29.7 Å². The fourth-order valence-electron chi connectivity index (χ4n) is 4.57. The molecule has 2 saturated heterocycles. The van der Waals surface area contributed by atoms with Crippen LogP contribution in [-0.2, 0) is 16.1 Å². The van der Waals surface area contributed by atoms with E-state index in [1.807, 2.05) is 12.1 Å². The van der Waals surface area contributed by atoms with Gasteiger partial charge in [0.25, 0.3) is 11.8 Å². The number of fused-ring (bicyclic) bond motifs is 1. The maximum absolute atomic E-state index is 13.2. The molecule has 11 heteroatoms. The summed E-state index contributed by atoms with van der Waals surface area (Å²) in [5.41, 5.74) is 1.40. The molecule has 170 valence electrons. The molecule has 0 bridgehead atoms. The molecular weight excluding hydrogens is 448 g/mol. The Bertz CT molecular complexity index is 1150. The molecule has 3 aliphatic rings. The van der Waals surface area contributed by atoms with Crippen molar-refractivity contribution in [2.75, 3.05) is 31.1 Å². The molecule has 1 aromatic carbocycles. The number of anilines is 1. The predicted octanol–water partition coefficient (Wildman–Crippen LogP) is 0.853. The van der Waals surface area contributed by atoms with Crippen LogP contribution in [0.3, 0.4) is 0 Å². The first-order valence-electron chi connectivity index (χ1n) is 10.7. The first-order valence-corrected chi connectivity index (χ1v) is 11.1. The minimum atomic E-state index is -0.966. The molecule has 2 fully saturated rings. The summed E-state index contributed by atoms with van der Waals surface area (Å²) in [6.45, 7) is 3.46. The monoisotopic (exact) mass is 468 g/mol. The van der Waals surface area contributed by atoms with E-state index in [1.54, 1.807) is 18.2 Å². The summed E-state index contributed by atoms with van der Waals surface area (Å²) >= 11 is 5.81. The minimum absolute atomic E-state index is 0.0962. The lowest BCUT2D eigenvalue weighted by molar-refractivity contribution is -0.136. The van der Waals surface area contributed by atoms with Gasteiger partial charge in [0.05, 0.1) is 11.1 Å². The van der Waals surface area contributed by atoms with Gasteiger partial charge in [-0.1, -0.05) is 23.7 Å². The number of halogens is 1. The lowest BCUT2D eigenvalue weighted by atomic mass is 10.0. The van der Waals surface area contributed by atoms with Crippen LogP contribution in [-0.4, -0.2) is 75.8 Å². The van der Waals surface area contributed by atoms with Crippen molar-refractivity contribution >= 4 is 41.0 Å². The lowest BCUT2D eigenvalue weighted by Crippen LogP contribution is -2.54. The molecule has 1 aromatic heterocycles. The zero-order valence-corrected chi connectivity index (χ0v) is 18.4. The summed E-state index contributed by atoms with van der Waals surface area (Å²) in [5, 5.41) is 10.6. The fraction of sp³-hybridized carbons (Fsp3) is 0.364. The van der Waals surface area contributed by atoms with Crippen LogP contribution < -0.4 is 10.2 Å². The van der Waals surface area contributed by atoms with Gasteiger partial charge < -0.3 is 4.90 Å². The van der Waals surface area contributed by atoms with E-state index >= 15 is 0 Å². The molecule has 0 radical (unpaired) electrons. The van der Waals surface area contributed by atoms with Crippen LogP contribution >= 0.6 is 11.6 Å². The van der Waals surface area contributed by atoms with Gasteiger partial charge >= 0.3 is 0 Å². The molecule has 1 N–H and O–H groups in total. The average molecular weight is 469 g/mol. The first-order chi connectivity index (χ1) is 15.9. The molecule has 33 heavy (non-hydrogen) atoms. The van der Waals surface area contributed by atoms with E-state index in [0.29, 0.717) is 22.8 Å². The molecule has 10 nitrogen and oxygen atoms in total. The van der Waals surface area contributed by atoms with Crippen LogP contribution in [0.2, 0.25) is 5.15 Å². The van der Waals surface area contributed by atoms with E-state index in [4.69, 9.17) is 11.6 Å². The van der Waals surface area contributed by atoms with Crippen molar-refractivity contribution in [1.82, 2.24) is 25.3 Å². The second-order valence-corrected chi connectivity index (χ2v) is 8.65. The average Bonchev–Trinajstić information content (AvgIpc) is 3.06. The molecule has 0 spiro atoms. The number of piperidine rings is 1. The number of aromatic nitrogens is 2. The highest BCUT2D eigenvalue weighted by Gasteiger charge is 2.45. The summed E-state index contributed by atoms with van der Waals surface area (Å²) in [5.74, 6) is -1.20. The van der Waals surface area contributed by atoms with Crippen molar-refractivity contribution in [3.63, 3.8) is 0 Å². The van der Waals surface area contributed by atoms with Crippen LogP contribution in [0.4, 0.5) is 5.82 Å². The Balaban J connectivity index is 1.30.